The average Bonchev–Trinajstić information content (AvgIpc) is 2.52. The number of rotatable bonds is 2. The second-order valence-corrected chi connectivity index (χ2v) is 5.20. The van der Waals surface area contributed by atoms with Crippen molar-refractivity contribution < 1.29 is 35.8 Å². The van der Waals surface area contributed by atoms with Crippen molar-refractivity contribution in [2.75, 3.05) is 21.2 Å². The van der Waals surface area contributed by atoms with Gasteiger partial charge in [0.1, 0.15) is 5.75 Å². The van der Waals surface area contributed by atoms with E-state index in [4.69, 9.17) is 9.47 Å². The van der Waals surface area contributed by atoms with Crippen LogP contribution in [0.25, 0.3) is 0 Å². The average molecular weight is 369 g/mol. The molecule has 2 rings (SSSR count). The van der Waals surface area contributed by atoms with Crippen molar-refractivity contribution in [1.82, 2.24) is 4.90 Å². The number of aliphatic imine (C=N–C) groups is 2. The highest BCUT2D eigenvalue weighted by Gasteiger charge is 2.74. The van der Waals surface area contributed by atoms with Gasteiger partial charge in [0, 0.05) is 19.7 Å². The van der Waals surface area contributed by atoms with Crippen LogP contribution < -0.4 is 4.74 Å². The van der Waals surface area contributed by atoms with Gasteiger partial charge in [-0.15, -0.1) is 0 Å². The van der Waals surface area contributed by atoms with E-state index in [-0.39, 0.29) is 5.56 Å². The minimum absolute atomic E-state index is 0.0899. The quantitative estimate of drug-likeness (QED) is 0.753. The normalized spacial score (nSPS) is 17.3. The molecule has 1 aliphatic rings. The highest BCUT2D eigenvalue weighted by atomic mass is 19.4. The summed E-state index contributed by atoms with van der Waals surface area (Å²) < 4.78 is 89.8. The van der Waals surface area contributed by atoms with Crippen molar-refractivity contribution in [2.45, 2.75) is 18.0 Å². The third kappa shape index (κ3) is 3.35. The summed E-state index contributed by atoms with van der Waals surface area (Å²) in [5, 5.41) is 0. The molecule has 0 atom stereocenters. The van der Waals surface area contributed by atoms with Gasteiger partial charge < -0.3 is 14.4 Å². The number of alkyl halides is 6. The molecule has 0 amide bonds. The summed E-state index contributed by atoms with van der Waals surface area (Å²) in [5.41, 5.74) is -4.74. The Balaban J connectivity index is 2.66. The molecule has 0 fully saturated rings. The lowest BCUT2D eigenvalue weighted by atomic mass is 10.1. The summed E-state index contributed by atoms with van der Waals surface area (Å²) >= 11 is 0. The van der Waals surface area contributed by atoms with Crippen LogP contribution in [0.15, 0.2) is 34.3 Å². The Morgan fingerprint density at radius 2 is 1.48 bits per heavy atom. The molecule has 0 unspecified atom stereocenters. The van der Waals surface area contributed by atoms with Crippen molar-refractivity contribution in [1.29, 1.82) is 0 Å². The summed E-state index contributed by atoms with van der Waals surface area (Å²) in [6, 6.07) is 4.30. The molecule has 1 heterocycles. The monoisotopic (exact) mass is 369 g/mol. The molecule has 5 nitrogen and oxygen atoms in total. The molecule has 0 bridgehead atoms. The van der Waals surface area contributed by atoms with E-state index in [1.165, 1.54) is 45.5 Å². The van der Waals surface area contributed by atoms with Crippen LogP contribution in [0.2, 0.25) is 0 Å². The maximum atomic E-state index is 13.3. The van der Waals surface area contributed by atoms with Crippen LogP contribution in [0, 0.1) is 0 Å². The molecule has 0 radical (unpaired) electrons. The van der Waals surface area contributed by atoms with Crippen LogP contribution in [0.4, 0.5) is 26.3 Å². The topological polar surface area (TPSA) is 46.4 Å². The molecule has 1 aromatic rings. The van der Waals surface area contributed by atoms with Crippen LogP contribution >= 0.6 is 0 Å². The second kappa shape index (κ2) is 6.12. The molecular formula is C14H13F6N3O2. The number of ether oxygens (including phenoxy) is 2. The molecule has 138 valence electrons. The van der Waals surface area contributed by atoms with Crippen LogP contribution in [0.5, 0.6) is 5.75 Å². The van der Waals surface area contributed by atoms with Crippen molar-refractivity contribution in [3.05, 3.63) is 29.8 Å². The highest BCUT2D eigenvalue weighted by Crippen LogP contribution is 2.48. The number of halogens is 6. The molecule has 11 heteroatoms. The zero-order valence-electron chi connectivity index (χ0n) is 13.2. The van der Waals surface area contributed by atoms with E-state index >= 15 is 0 Å². The van der Waals surface area contributed by atoms with E-state index in [1.807, 2.05) is 0 Å². The van der Waals surface area contributed by atoms with Crippen LogP contribution in [-0.2, 0) is 4.74 Å². The standard InChI is InChI=1S/C14H13F6N3O2/c1-23(2)11-22-12(13(15,16)17,14(18,19)20)21-10(25-11)8-4-6-9(24-3)7-5-8/h4-7H,1-3H3. The number of methoxy groups -OCH3 is 1. The van der Waals surface area contributed by atoms with Crippen LogP contribution in [-0.4, -0.2) is 56.0 Å². The molecule has 0 aromatic heterocycles. The summed E-state index contributed by atoms with van der Waals surface area (Å²) in [4.78, 5) is 6.42. The smallest absolute Gasteiger partial charge is 0.443 e. The zero-order chi connectivity index (χ0) is 19.0. The third-order valence-corrected chi connectivity index (χ3v) is 3.22. The predicted molar refractivity (Wildman–Crippen MR) is 76.6 cm³/mol. The first-order valence-electron chi connectivity index (χ1n) is 6.74. The van der Waals surface area contributed by atoms with E-state index < -0.39 is 29.9 Å². The minimum atomic E-state index is -5.81. The summed E-state index contributed by atoms with van der Waals surface area (Å²) in [6.07, 6.45) is -11.6. The fraction of sp³-hybridized carbons (Fsp3) is 0.429. The zero-order valence-corrected chi connectivity index (χ0v) is 13.2. The number of hydrogen-bond donors (Lipinski definition) is 0. The van der Waals surface area contributed by atoms with Crippen molar-refractivity contribution >= 4 is 11.9 Å². The van der Waals surface area contributed by atoms with E-state index in [0.29, 0.717) is 5.75 Å². The minimum Gasteiger partial charge on any atom is -0.497 e. The SMILES string of the molecule is COc1ccc(C2=NC(C(F)(F)F)(C(F)(F)F)N=C(N(C)C)O2)cc1. The van der Waals surface area contributed by atoms with Gasteiger partial charge >= 0.3 is 18.0 Å². The van der Waals surface area contributed by atoms with E-state index in [0.717, 1.165) is 4.90 Å². The van der Waals surface area contributed by atoms with Gasteiger partial charge in [-0.2, -0.15) is 31.3 Å². The van der Waals surface area contributed by atoms with Crippen LogP contribution in [0.3, 0.4) is 0 Å². The Labute approximate surface area is 138 Å². The first kappa shape index (κ1) is 18.9. The highest BCUT2D eigenvalue weighted by molar-refractivity contribution is 6.02. The first-order valence-corrected chi connectivity index (χ1v) is 6.74. The van der Waals surface area contributed by atoms with Crippen molar-refractivity contribution in [3.8, 4) is 5.75 Å². The molecule has 1 aliphatic heterocycles. The van der Waals surface area contributed by atoms with Gasteiger partial charge in [-0.25, -0.2) is 4.99 Å². The Kier molecular flexibility index (Phi) is 4.62. The lowest BCUT2D eigenvalue weighted by Crippen LogP contribution is -2.57. The lowest BCUT2D eigenvalue weighted by Gasteiger charge is -2.34. The molecule has 25 heavy (non-hydrogen) atoms. The maximum absolute atomic E-state index is 13.3. The van der Waals surface area contributed by atoms with Crippen molar-refractivity contribution in [2.24, 2.45) is 9.98 Å². The predicted octanol–water partition coefficient (Wildman–Crippen LogP) is 3.21. The fourth-order valence-corrected chi connectivity index (χ4v) is 1.91. The number of amidine groups is 1. The van der Waals surface area contributed by atoms with Gasteiger partial charge in [0.2, 0.25) is 5.90 Å². The molecule has 1 aromatic carbocycles. The number of hydrogen-bond acceptors (Lipinski definition) is 5. The van der Waals surface area contributed by atoms with Gasteiger partial charge in [0.05, 0.1) is 7.11 Å². The summed E-state index contributed by atoms with van der Waals surface area (Å²) in [5.74, 6) is -0.490. The Bertz CT molecular complexity index is 678. The Morgan fingerprint density at radius 1 is 0.960 bits per heavy atom. The summed E-state index contributed by atoms with van der Waals surface area (Å²) in [6.45, 7) is 0. The second-order valence-electron chi connectivity index (χ2n) is 5.20. The Morgan fingerprint density at radius 3 is 1.88 bits per heavy atom. The van der Waals surface area contributed by atoms with Crippen molar-refractivity contribution in [3.63, 3.8) is 0 Å². The maximum Gasteiger partial charge on any atom is 0.443 e. The van der Waals surface area contributed by atoms with Gasteiger partial charge in [-0.3, -0.25) is 0 Å². The largest absolute Gasteiger partial charge is 0.497 e. The molecule has 0 aliphatic carbocycles. The van der Waals surface area contributed by atoms with Gasteiger partial charge in [-0.1, -0.05) is 0 Å². The number of benzene rings is 1. The van der Waals surface area contributed by atoms with Gasteiger partial charge in [-0.05, 0) is 24.3 Å². The third-order valence-electron chi connectivity index (χ3n) is 3.22. The molecule has 0 spiro atoms. The van der Waals surface area contributed by atoms with Gasteiger partial charge in [0.15, 0.2) is 0 Å². The number of nitrogens with zero attached hydrogens (tertiary/aromatic N) is 3. The molecular weight excluding hydrogens is 356 g/mol. The summed E-state index contributed by atoms with van der Waals surface area (Å²) in [7, 11) is 3.76. The van der Waals surface area contributed by atoms with Gasteiger partial charge in [0.25, 0.3) is 6.02 Å². The van der Waals surface area contributed by atoms with Crippen LogP contribution in [0.1, 0.15) is 5.56 Å². The first-order chi connectivity index (χ1) is 11.4. The van der Waals surface area contributed by atoms with E-state index in [2.05, 4.69) is 9.98 Å². The van der Waals surface area contributed by atoms with E-state index in [9.17, 15) is 26.3 Å². The molecule has 0 saturated heterocycles. The molecule has 0 N–H and O–H groups in total. The fourth-order valence-electron chi connectivity index (χ4n) is 1.91. The van der Waals surface area contributed by atoms with E-state index in [1.54, 1.807) is 0 Å². The molecule has 0 saturated carbocycles. The lowest BCUT2D eigenvalue weighted by molar-refractivity contribution is -0.293. The Hall–Kier alpha value is -2.46.